The van der Waals surface area contributed by atoms with Gasteiger partial charge in [0.05, 0.1) is 0 Å². The van der Waals surface area contributed by atoms with Crippen LogP contribution in [0.25, 0.3) is 0 Å². The molecule has 0 unspecified atom stereocenters. The Kier molecular flexibility index (Phi) is 8.68. The maximum absolute atomic E-state index is 10.6. The van der Waals surface area contributed by atoms with E-state index >= 15 is 0 Å². The molecule has 2 rings (SSSR count). The van der Waals surface area contributed by atoms with Crippen LogP contribution in [0.3, 0.4) is 0 Å². The molecule has 0 N–H and O–H groups in total. The molecule has 0 atom stereocenters. The van der Waals surface area contributed by atoms with Crippen molar-refractivity contribution < 1.29 is 27.3 Å². The normalized spacial score (nSPS) is 8.70. The van der Waals surface area contributed by atoms with E-state index in [2.05, 4.69) is 10.4 Å². The van der Waals surface area contributed by atoms with Crippen molar-refractivity contribution in [1.29, 1.82) is 0 Å². The Hall–Kier alpha value is -2.90. The van der Waals surface area contributed by atoms with Gasteiger partial charge in [0.1, 0.15) is 11.4 Å². The predicted molar refractivity (Wildman–Crippen MR) is 75.2 cm³/mol. The minimum absolute atomic E-state index is 0. The van der Waals surface area contributed by atoms with E-state index in [4.69, 9.17) is 0 Å². The average Bonchev–Trinajstić information content (AvgIpc) is 2.79. The minimum Gasteiger partial charge on any atom is -0.870 e. The summed E-state index contributed by atoms with van der Waals surface area (Å²) in [5.74, 6) is -1.28. The average molecular weight is 364 g/mol. The van der Waals surface area contributed by atoms with E-state index in [0.717, 1.165) is 24.3 Å². The maximum Gasteiger partial charge on any atom is 2.00 e. The van der Waals surface area contributed by atoms with Gasteiger partial charge < -0.3 is 10.2 Å². The molecule has 0 saturated heterocycles. The van der Waals surface area contributed by atoms with Gasteiger partial charge in [-0.15, -0.1) is 9.81 Å². The first-order chi connectivity index (χ1) is 10.5. The minimum atomic E-state index is -0.639. The summed E-state index contributed by atoms with van der Waals surface area (Å²) in [4.78, 5) is 41.1. The van der Waals surface area contributed by atoms with Gasteiger partial charge in [-0.25, -0.2) is 0 Å². The van der Waals surface area contributed by atoms with Crippen LogP contribution in [0, 0.1) is 9.81 Å². The van der Waals surface area contributed by atoms with E-state index in [9.17, 15) is 29.6 Å². The monoisotopic (exact) mass is 363 g/mol. The fourth-order valence-corrected chi connectivity index (χ4v) is 1.21. The Morgan fingerprint density at radius 2 is 0.913 bits per heavy atom. The predicted octanol–water partition coefficient (Wildman–Crippen LogP) is 1.03. The molecule has 0 aliphatic rings. The zero-order valence-corrected chi connectivity index (χ0v) is 12.2. The summed E-state index contributed by atoms with van der Waals surface area (Å²) in [5, 5.41) is 26.4. The van der Waals surface area contributed by atoms with Crippen molar-refractivity contribution in [3.8, 4) is 11.5 Å². The molecule has 9 heteroatoms. The number of hydrogen-bond donors (Lipinski definition) is 0. The van der Waals surface area contributed by atoms with Crippen LogP contribution in [-0.4, -0.2) is 0 Å². The third-order valence-corrected chi connectivity index (χ3v) is 2.32. The molecule has 0 aromatic heterocycles. The van der Waals surface area contributed by atoms with Gasteiger partial charge in [-0.2, -0.15) is 0 Å². The van der Waals surface area contributed by atoms with Crippen LogP contribution in [0.2, 0.25) is 0 Å². The zero-order valence-electron chi connectivity index (χ0n) is 11.3. The smallest absolute Gasteiger partial charge is 0.870 e. The fraction of sp³-hybridized carbons (Fsp3) is 0. The summed E-state index contributed by atoms with van der Waals surface area (Å²) in [7, 11) is 0. The molecule has 0 amide bonds. The molecule has 23 heavy (non-hydrogen) atoms. The standard InChI is InChI=1S/2C7H5NO3.Cu/c2*9-6-3-1-5(8-11)2-4-7(6)10;/h2*1-4H,(H,9,10);/q;;+2/p-2. The Morgan fingerprint density at radius 3 is 1.22 bits per heavy atom. The maximum atomic E-state index is 10.6. The third kappa shape index (κ3) is 6.60. The molecule has 2 aromatic rings. The second-order valence-electron chi connectivity index (χ2n) is 3.82. The summed E-state index contributed by atoms with van der Waals surface area (Å²) in [5.41, 5.74) is -1.13. The van der Waals surface area contributed by atoms with Gasteiger partial charge in [0.25, 0.3) is 0 Å². The molecule has 0 spiro atoms. The Balaban J connectivity index is 0.000000403. The second kappa shape index (κ2) is 9.93. The van der Waals surface area contributed by atoms with E-state index in [1.807, 2.05) is 0 Å². The number of hydrogen-bond acceptors (Lipinski definition) is 8. The van der Waals surface area contributed by atoms with Crippen LogP contribution in [-0.2, 0) is 17.1 Å². The summed E-state index contributed by atoms with van der Waals surface area (Å²) >= 11 is 0. The van der Waals surface area contributed by atoms with Crippen molar-refractivity contribution in [3.63, 3.8) is 0 Å². The van der Waals surface area contributed by atoms with Gasteiger partial charge in [0.2, 0.25) is 0 Å². The molecule has 0 fully saturated rings. The van der Waals surface area contributed by atoms with Crippen molar-refractivity contribution in [1.82, 2.24) is 0 Å². The van der Waals surface area contributed by atoms with E-state index in [1.165, 1.54) is 24.3 Å². The number of nitroso groups, excluding NO2 is 2. The Labute approximate surface area is 139 Å². The van der Waals surface area contributed by atoms with Crippen LogP contribution in [0.15, 0.2) is 68.5 Å². The Morgan fingerprint density at radius 1 is 0.609 bits per heavy atom. The third-order valence-electron chi connectivity index (χ3n) is 2.32. The van der Waals surface area contributed by atoms with E-state index in [0.29, 0.717) is 0 Å². The summed E-state index contributed by atoms with van der Waals surface area (Å²) in [6.45, 7) is 0. The van der Waals surface area contributed by atoms with Gasteiger partial charge in [0, 0.05) is 0 Å². The summed E-state index contributed by atoms with van der Waals surface area (Å²) in [6.07, 6.45) is 0. The molecular weight excluding hydrogens is 356 g/mol. The SMILES string of the molecule is O=Nc1ccc([O-])c(=O)cc1.O=Nc1ccc([O-])c(=O)cc1.[Cu+2]. The van der Waals surface area contributed by atoms with Crippen LogP contribution in [0.1, 0.15) is 0 Å². The van der Waals surface area contributed by atoms with Crippen molar-refractivity contribution in [2.75, 3.05) is 0 Å². The van der Waals surface area contributed by atoms with E-state index in [1.54, 1.807) is 0 Å². The quantitative estimate of drug-likeness (QED) is 0.576. The molecule has 2 aromatic carbocycles. The molecule has 0 saturated carbocycles. The molecule has 8 nitrogen and oxygen atoms in total. The van der Waals surface area contributed by atoms with Crippen LogP contribution >= 0.6 is 0 Å². The van der Waals surface area contributed by atoms with Crippen LogP contribution in [0.4, 0.5) is 11.4 Å². The topological polar surface area (TPSA) is 139 Å². The molecular formula is C14H8CuN2O6. The molecule has 0 aliphatic heterocycles. The summed E-state index contributed by atoms with van der Waals surface area (Å²) in [6, 6.07) is 8.93. The molecule has 0 bridgehead atoms. The molecule has 1 radical (unpaired) electrons. The van der Waals surface area contributed by atoms with Gasteiger partial charge in [-0.1, -0.05) is 23.6 Å². The second-order valence-corrected chi connectivity index (χ2v) is 3.82. The fourth-order valence-electron chi connectivity index (χ4n) is 1.21. The van der Waals surface area contributed by atoms with Crippen molar-refractivity contribution >= 4 is 11.4 Å². The molecule has 0 heterocycles. The van der Waals surface area contributed by atoms with Crippen molar-refractivity contribution in [2.45, 2.75) is 0 Å². The van der Waals surface area contributed by atoms with Gasteiger partial charge >= 0.3 is 17.1 Å². The van der Waals surface area contributed by atoms with Crippen LogP contribution < -0.4 is 21.1 Å². The first kappa shape index (κ1) is 20.1. The van der Waals surface area contributed by atoms with Crippen LogP contribution in [0.5, 0.6) is 11.5 Å². The van der Waals surface area contributed by atoms with E-state index in [-0.39, 0.29) is 28.4 Å². The number of rotatable bonds is 2. The first-order valence-electron chi connectivity index (χ1n) is 5.77. The zero-order chi connectivity index (χ0) is 16.5. The molecule has 121 valence electrons. The summed E-state index contributed by atoms with van der Waals surface area (Å²) < 4.78 is 0. The molecule has 0 aliphatic carbocycles. The Bertz CT molecular complexity index is 744. The number of nitrogens with zero attached hydrogens (tertiary/aromatic N) is 2. The largest absolute Gasteiger partial charge is 2.00 e. The first-order valence-corrected chi connectivity index (χ1v) is 5.77. The van der Waals surface area contributed by atoms with E-state index < -0.39 is 22.4 Å². The van der Waals surface area contributed by atoms with Gasteiger partial charge in [0.15, 0.2) is 10.9 Å². The van der Waals surface area contributed by atoms with Crippen molar-refractivity contribution in [2.24, 2.45) is 10.4 Å². The van der Waals surface area contributed by atoms with Gasteiger partial charge in [-0.3, -0.25) is 9.59 Å². The van der Waals surface area contributed by atoms with Crippen molar-refractivity contribution in [3.05, 3.63) is 78.8 Å². The van der Waals surface area contributed by atoms with Gasteiger partial charge in [-0.05, 0) is 46.8 Å².